The molecule has 3 nitrogen and oxygen atoms in total. The van der Waals surface area contributed by atoms with Crippen LogP contribution < -0.4 is 5.32 Å². The van der Waals surface area contributed by atoms with E-state index >= 15 is 0 Å². The molecule has 1 fully saturated rings. The molecule has 0 unspecified atom stereocenters. The van der Waals surface area contributed by atoms with Gasteiger partial charge >= 0.3 is 0 Å². The van der Waals surface area contributed by atoms with Gasteiger partial charge in [0.2, 0.25) is 5.91 Å². The number of benzene rings is 2. The van der Waals surface area contributed by atoms with Crippen molar-refractivity contribution in [2.45, 2.75) is 32.6 Å². The summed E-state index contributed by atoms with van der Waals surface area (Å²) < 4.78 is 0. The number of hydrogen-bond acceptors (Lipinski definition) is 1. The summed E-state index contributed by atoms with van der Waals surface area (Å²) in [7, 11) is 0. The van der Waals surface area contributed by atoms with Crippen molar-refractivity contribution in [3.63, 3.8) is 0 Å². The summed E-state index contributed by atoms with van der Waals surface area (Å²) in [4.78, 5) is 15.6. The predicted octanol–water partition coefficient (Wildman–Crippen LogP) is 4.62. The third kappa shape index (κ3) is 2.08. The molecule has 1 aromatic heterocycles. The molecule has 112 valence electrons. The van der Waals surface area contributed by atoms with Crippen molar-refractivity contribution in [3.8, 4) is 0 Å². The molecule has 0 radical (unpaired) electrons. The Morgan fingerprint density at radius 1 is 1.23 bits per heavy atom. The van der Waals surface area contributed by atoms with E-state index in [0.29, 0.717) is 0 Å². The zero-order chi connectivity index (χ0) is 15.1. The van der Waals surface area contributed by atoms with Crippen molar-refractivity contribution in [1.29, 1.82) is 0 Å². The van der Waals surface area contributed by atoms with E-state index in [-0.39, 0.29) is 11.8 Å². The van der Waals surface area contributed by atoms with Crippen molar-refractivity contribution in [1.82, 2.24) is 4.98 Å². The zero-order valence-corrected chi connectivity index (χ0v) is 12.8. The quantitative estimate of drug-likeness (QED) is 0.726. The van der Waals surface area contributed by atoms with Gasteiger partial charge in [-0.25, -0.2) is 0 Å². The second kappa shape index (κ2) is 5.16. The Morgan fingerprint density at radius 3 is 2.82 bits per heavy atom. The number of carbonyl (C=O) groups is 1. The molecule has 1 heterocycles. The van der Waals surface area contributed by atoms with Crippen LogP contribution in [0.5, 0.6) is 0 Å². The van der Waals surface area contributed by atoms with Gasteiger partial charge in [0, 0.05) is 33.4 Å². The van der Waals surface area contributed by atoms with Crippen molar-refractivity contribution < 1.29 is 4.79 Å². The fourth-order valence-electron chi connectivity index (χ4n) is 3.28. The summed E-state index contributed by atoms with van der Waals surface area (Å²) >= 11 is 0. The molecule has 1 amide bonds. The first-order valence-corrected chi connectivity index (χ1v) is 8.10. The number of aromatic amines is 1. The minimum Gasteiger partial charge on any atom is -0.354 e. The number of nitrogens with one attached hydrogen (secondary N) is 2. The van der Waals surface area contributed by atoms with Gasteiger partial charge in [-0.3, -0.25) is 4.79 Å². The molecule has 2 N–H and O–H groups in total. The maximum absolute atomic E-state index is 12.1. The number of H-pyrrole nitrogens is 1. The number of anilines is 1. The highest BCUT2D eigenvalue weighted by molar-refractivity contribution is 6.09. The molecule has 2 aromatic carbocycles. The highest BCUT2D eigenvalue weighted by atomic mass is 16.1. The van der Waals surface area contributed by atoms with Crippen molar-refractivity contribution in [2.75, 3.05) is 5.32 Å². The van der Waals surface area contributed by atoms with Crippen molar-refractivity contribution >= 4 is 33.4 Å². The smallest absolute Gasteiger partial charge is 0.227 e. The van der Waals surface area contributed by atoms with Crippen LogP contribution in [-0.2, 0) is 11.2 Å². The van der Waals surface area contributed by atoms with Gasteiger partial charge in [0.05, 0.1) is 0 Å². The minimum absolute atomic E-state index is 0.163. The van der Waals surface area contributed by atoms with Gasteiger partial charge in [-0.15, -0.1) is 0 Å². The Bertz CT molecular complexity index is 858. The van der Waals surface area contributed by atoms with Crippen LogP contribution in [-0.4, -0.2) is 10.9 Å². The van der Waals surface area contributed by atoms with Crippen LogP contribution in [0.15, 0.2) is 36.4 Å². The molecular formula is C19H20N2O. The fourth-order valence-corrected chi connectivity index (χ4v) is 3.28. The molecule has 3 aromatic rings. The van der Waals surface area contributed by atoms with Crippen LogP contribution in [0.2, 0.25) is 0 Å². The molecule has 0 saturated heterocycles. The molecule has 3 heteroatoms. The van der Waals surface area contributed by atoms with Gasteiger partial charge in [-0.1, -0.05) is 37.6 Å². The monoisotopic (exact) mass is 292 g/mol. The van der Waals surface area contributed by atoms with Crippen LogP contribution in [0, 0.1) is 5.92 Å². The largest absolute Gasteiger partial charge is 0.354 e. The number of aryl methyl sites for hydroxylation is 1. The van der Waals surface area contributed by atoms with Gasteiger partial charge in [0.15, 0.2) is 0 Å². The molecule has 1 aliphatic rings. The van der Waals surface area contributed by atoms with Crippen LogP contribution in [0.3, 0.4) is 0 Å². The zero-order valence-electron chi connectivity index (χ0n) is 12.8. The average Bonchev–Trinajstić information content (AvgIpc) is 2.82. The lowest BCUT2D eigenvalue weighted by molar-refractivity contribution is -0.122. The second-order valence-corrected chi connectivity index (χ2v) is 6.20. The number of hydrogen-bond donors (Lipinski definition) is 2. The molecule has 0 aliphatic heterocycles. The van der Waals surface area contributed by atoms with Gasteiger partial charge < -0.3 is 10.3 Å². The second-order valence-electron chi connectivity index (χ2n) is 6.20. The lowest BCUT2D eigenvalue weighted by Gasteiger charge is -2.24. The lowest BCUT2D eigenvalue weighted by atomic mass is 9.85. The number of amides is 1. The van der Waals surface area contributed by atoms with Gasteiger partial charge in [-0.2, -0.15) is 0 Å². The molecule has 22 heavy (non-hydrogen) atoms. The maximum atomic E-state index is 12.1. The van der Waals surface area contributed by atoms with E-state index in [2.05, 4.69) is 41.5 Å². The van der Waals surface area contributed by atoms with Crippen LogP contribution in [0.4, 0.5) is 5.69 Å². The molecule has 1 aliphatic carbocycles. The summed E-state index contributed by atoms with van der Waals surface area (Å²) in [5.41, 5.74) is 4.51. The Morgan fingerprint density at radius 2 is 2.09 bits per heavy atom. The summed E-state index contributed by atoms with van der Waals surface area (Å²) in [6.45, 7) is 2.17. The number of fused-ring (bicyclic) bond motifs is 3. The van der Waals surface area contributed by atoms with Crippen LogP contribution in [0.1, 0.15) is 31.7 Å². The summed E-state index contributed by atoms with van der Waals surface area (Å²) in [6.07, 6.45) is 4.25. The van der Waals surface area contributed by atoms with Gasteiger partial charge in [-0.05, 0) is 37.0 Å². The van der Waals surface area contributed by atoms with E-state index in [1.54, 1.807) is 0 Å². The highest BCUT2D eigenvalue weighted by Gasteiger charge is 2.25. The molecular weight excluding hydrogens is 272 g/mol. The van der Waals surface area contributed by atoms with E-state index in [0.717, 1.165) is 30.5 Å². The fraction of sp³-hybridized carbons (Fsp3) is 0.316. The Kier molecular flexibility index (Phi) is 3.14. The molecule has 1 saturated carbocycles. The highest BCUT2D eigenvalue weighted by Crippen LogP contribution is 2.31. The SMILES string of the molecule is CCc1cccc2c1[nH]c1cc(NC(=O)C3CCC3)ccc12. The van der Waals surface area contributed by atoms with Crippen molar-refractivity contribution in [3.05, 3.63) is 42.0 Å². The maximum Gasteiger partial charge on any atom is 0.227 e. The molecule has 0 bridgehead atoms. The normalized spacial score (nSPS) is 15.1. The number of aromatic nitrogens is 1. The lowest BCUT2D eigenvalue weighted by Crippen LogP contribution is -2.27. The van der Waals surface area contributed by atoms with Gasteiger partial charge in [0.25, 0.3) is 0 Å². The molecule has 4 rings (SSSR count). The molecule has 0 spiro atoms. The Labute approximate surface area is 129 Å². The number of para-hydroxylation sites is 1. The first kappa shape index (κ1) is 13.4. The van der Waals surface area contributed by atoms with E-state index < -0.39 is 0 Å². The topological polar surface area (TPSA) is 44.9 Å². The predicted molar refractivity (Wildman–Crippen MR) is 91.2 cm³/mol. The van der Waals surface area contributed by atoms with Crippen molar-refractivity contribution in [2.24, 2.45) is 5.92 Å². The minimum atomic E-state index is 0.163. The number of carbonyl (C=O) groups excluding carboxylic acids is 1. The van der Waals surface area contributed by atoms with Crippen LogP contribution in [0.25, 0.3) is 21.8 Å². The van der Waals surface area contributed by atoms with E-state index in [4.69, 9.17) is 0 Å². The van der Waals surface area contributed by atoms with E-state index in [1.807, 2.05) is 12.1 Å². The van der Waals surface area contributed by atoms with Crippen LogP contribution >= 0.6 is 0 Å². The first-order valence-electron chi connectivity index (χ1n) is 8.10. The summed E-state index contributed by atoms with van der Waals surface area (Å²) in [5, 5.41) is 5.52. The summed E-state index contributed by atoms with van der Waals surface area (Å²) in [6, 6.07) is 12.6. The average molecular weight is 292 g/mol. The third-order valence-electron chi connectivity index (χ3n) is 4.84. The first-order chi connectivity index (χ1) is 10.8. The number of rotatable bonds is 3. The standard InChI is InChI=1S/C19H20N2O/c1-2-12-5-4-8-16-15-10-9-14(11-17(15)21-18(12)16)20-19(22)13-6-3-7-13/h4-5,8-11,13,21H,2-3,6-7H2,1H3,(H,20,22). The Hall–Kier alpha value is -2.29. The van der Waals surface area contributed by atoms with E-state index in [1.165, 1.54) is 28.3 Å². The van der Waals surface area contributed by atoms with E-state index in [9.17, 15) is 4.79 Å². The summed E-state index contributed by atoms with van der Waals surface area (Å²) in [5.74, 6) is 0.376. The third-order valence-corrected chi connectivity index (χ3v) is 4.84. The Balaban J connectivity index is 1.74. The van der Waals surface area contributed by atoms with Gasteiger partial charge in [0.1, 0.15) is 0 Å². The molecule has 0 atom stereocenters.